The van der Waals surface area contributed by atoms with Gasteiger partial charge in [0, 0.05) is 18.6 Å². The standard InChI is InChI=1S/C17H32N2O/c20-17(10-3-1-2-4-11-17)13-19-16-8-5-7-14(16)15-9-6-12-18-15/h14-16,18-20H,1-13H2. The van der Waals surface area contributed by atoms with Crippen LogP contribution >= 0.6 is 0 Å². The van der Waals surface area contributed by atoms with Crippen LogP contribution in [0.3, 0.4) is 0 Å². The summed E-state index contributed by atoms with van der Waals surface area (Å²) in [7, 11) is 0. The number of hydrogen-bond donors (Lipinski definition) is 3. The minimum Gasteiger partial charge on any atom is -0.389 e. The molecular formula is C17H32N2O. The van der Waals surface area contributed by atoms with Crippen LogP contribution < -0.4 is 10.6 Å². The molecule has 3 rings (SSSR count). The monoisotopic (exact) mass is 280 g/mol. The van der Waals surface area contributed by atoms with Crippen molar-refractivity contribution in [3.8, 4) is 0 Å². The zero-order chi connectivity index (χ0) is 13.8. The van der Waals surface area contributed by atoms with E-state index in [9.17, 15) is 5.11 Å². The van der Waals surface area contributed by atoms with E-state index in [-0.39, 0.29) is 0 Å². The van der Waals surface area contributed by atoms with E-state index >= 15 is 0 Å². The summed E-state index contributed by atoms with van der Waals surface area (Å²) in [5.74, 6) is 0.798. The van der Waals surface area contributed by atoms with E-state index < -0.39 is 5.60 Å². The highest BCUT2D eigenvalue weighted by molar-refractivity contribution is 4.95. The van der Waals surface area contributed by atoms with Crippen molar-refractivity contribution in [2.24, 2.45) is 5.92 Å². The summed E-state index contributed by atoms with van der Waals surface area (Å²) in [4.78, 5) is 0. The summed E-state index contributed by atoms with van der Waals surface area (Å²) >= 11 is 0. The molecule has 2 aliphatic carbocycles. The maximum Gasteiger partial charge on any atom is 0.0771 e. The SMILES string of the molecule is OC1(CNC2CCCC2C2CCCN2)CCCCCC1. The molecule has 0 aromatic carbocycles. The first-order valence-corrected chi connectivity index (χ1v) is 8.96. The highest BCUT2D eigenvalue weighted by Crippen LogP contribution is 2.33. The molecule has 0 bridgehead atoms. The fraction of sp³-hybridized carbons (Fsp3) is 1.00. The zero-order valence-electron chi connectivity index (χ0n) is 12.9. The Labute approximate surface area is 123 Å². The van der Waals surface area contributed by atoms with Crippen LogP contribution in [0.15, 0.2) is 0 Å². The molecule has 2 saturated carbocycles. The van der Waals surface area contributed by atoms with Crippen LogP contribution in [0.4, 0.5) is 0 Å². The normalized spacial score (nSPS) is 38.0. The van der Waals surface area contributed by atoms with E-state index in [2.05, 4.69) is 10.6 Å². The summed E-state index contributed by atoms with van der Waals surface area (Å²) in [6, 6.07) is 1.37. The van der Waals surface area contributed by atoms with Gasteiger partial charge in [-0.3, -0.25) is 0 Å². The van der Waals surface area contributed by atoms with Crippen LogP contribution in [0.2, 0.25) is 0 Å². The van der Waals surface area contributed by atoms with Crippen LogP contribution in [0.25, 0.3) is 0 Å². The topological polar surface area (TPSA) is 44.3 Å². The molecule has 0 aromatic heterocycles. The Kier molecular flexibility index (Phi) is 5.00. The Hall–Kier alpha value is -0.120. The average Bonchev–Trinajstić information content (AvgIpc) is 3.07. The largest absolute Gasteiger partial charge is 0.389 e. The van der Waals surface area contributed by atoms with Gasteiger partial charge in [-0.1, -0.05) is 32.1 Å². The van der Waals surface area contributed by atoms with E-state index in [4.69, 9.17) is 0 Å². The van der Waals surface area contributed by atoms with Crippen LogP contribution in [-0.2, 0) is 0 Å². The molecule has 0 aromatic rings. The van der Waals surface area contributed by atoms with E-state index in [1.165, 1.54) is 64.3 Å². The van der Waals surface area contributed by atoms with Crippen molar-refractivity contribution < 1.29 is 5.11 Å². The molecule has 3 N–H and O–H groups in total. The van der Waals surface area contributed by atoms with Crippen LogP contribution in [0.1, 0.15) is 70.6 Å². The molecule has 20 heavy (non-hydrogen) atoms. The summed E-state index contributed by atoms with van der Waals surface area (Å²) in [5, 5.41) is 18.2. The van der Waals surface area contributed by atoms with Gasteiger partial charge in [0.1, 0.15) is 0 Å². The first kappa shape index (κ1) is 14.8. The molecular weight excluding hydrogens is 248 g/mol. The number of hydrogen-bond acceptors (Lipinski definition) is 3. The van der Waals surface area contributed by atoms with Gasteiger partial charge in [-0.25, -0.2) is 0 Å². The molecule has 116 valence electrons. The summed E-state index contributed by atoms with van der Waals surface area (Å²) in [6.07, 6.45) is 13.8. The molecule has 3 unspecified atom stereocenters. The fourth-order valence-electron chi connectivity index (χ4n) is 4.69. The van der Waals surface area contributed by atoms with Gasteiger partial charge in [0.05, 0.1) is 5.60 Å². The molecule has 3 heteroatoms. The van der Waals surface area contributed by atoms with Crippen molar-refractivity contribution in [3.63, 3.8) is 0 Å². The van der Waals surface area contributed by atoms with Crippen molar-refractivity contribution >= 4 is 0 Å². The molecule has 0 radical (unpaired) electrons. The molecule has 1 heterocycles. The molecule has 3 atom stereocenters. The van der Waals surface area contributed by atoms with E-state index in [0.29, 0.717) is 6.04 Å². The summed E-state index contributed by atoms with van der Waals surface area (Å²) in [5.41, 5.74) is -0.424. The Morgan fingerprint density at radius 1 is 0.950 bits per heavy atom. The molecule has 3 nitrogen and oxygen atoms in total. The number of rotatable bonds is 4. The van der Waals surface area contributed by atoms with Gasteiger partial charge >= 0.3 is 0 Å². The number of aliphatic hydroxyl groups is 1. The zero-order valence-corrected chi connectivity index (χ0v) is 12.9. The quantitative estimate of drug-likeness (QED) is 0.694. The van der Waals surface area contributed by atoms with Crippen molar-refractivity contribution in [1.29, 1.82) is 0 Å². The first-order chi connectivity index (χ1) is 9.77. The second kappa shape index (κ2) is 6.76. The highest BCUT2D eigenvalue weighted by Gasteiger charge is 2.36. The van der Waals surface area contributed by atoms with Gasteiger partial charge in [0.2, 0.25) is 0 Å². The lowest BCUT2D eigenvalue weighted by atomic mass is 9.90. The molecule has 3 aliphatic rings. The molecule has 0 amide bonds. The summed E-state index contributed by atoms with van der Waals surface area (Å²) in [6.45, 7) is 2.03. The predicted octanol–water partition coefficient (Wildman–Crippen LogP) is 2.58. The third-order valence-electron chi connectivity index (χ3n) is 5.91. The molecule has 3 fully saturated rings. The van der Waals surface area contributed by atoms with Gasteiger partial charge in [0.25, 0.3) is 0 Å². The lowest BCUT2D eigenvalue weighted by Gasteiger charge is -2.32. The van der Waals surface area contributed by atoms with Crippen LogP contribution in [0, 0.1) is 5.92 Å². The number of nitrogens with one attached hydrogen (secondary N) is 2. The van der Waals surface area contributed by atoms with Crippen molar-refractivity contribution in [3.05, 3.63) is 0 Å². The van der Waals surface area contributed by atoms with Crippen molar-refractivity contribution in [1.82, 2.24) is 10.6 Å². The van der Waals surface area contributed by atoms with E-state index in [0.717, 1.165) is 31.3 Å². The van der Waals surface area contributed by atoms with Gasteiger partial charge in [-0.15, -0.1) is 0 Å². The summed E-state index contributed by atoms with van der Waals surface area (Å²) < 4.78 is 0. The van der Waals surface area contributed by atoms with Crippen molar-refractivity contribution in [2.45, 2.75) is 88.3 Å². The Balaban J connectivity index is 1.51. The Morgan fingerprint density at radius 3 is 2.45 bits per heavy atom. The third kappa shape index (κ3) is 3.55. The fourth-order valence-corrected chi connectivity index (χ4v) is 4.69. The average molecular weight is 280 g/mol. The van der Waals surface area contributed by atoms with E-state index in [1.54, 1.807) is 0 Å². The van der Waals surface area contributed by atoms with Gasteiger partial charge in [-0.05, 0) is 51.0 Å². The maximum atomic E-state index is 10.8. The Morgan fingerprint density at radius 2 is 1.75 bits per heavy atom. The second-order valence-electron chi connectivity index (χ2n) is 7.42. The lowest BCUT2D eigenvalue weighted by Crippen LogP contribution is -2.48. The Bertz CT molecular complexity index is 293. The van der Waals surface area contributed by atoms with Gasteiger partial charge in [-0.2, -0.15) is 0 Å². The molecule has 1 saturated heterocycles. The minimum atomic E-state index is -0.424. The third-order valence-corrected chi connectivity index (χ3v) is 5.91. The van der Waals surface area contributed by atoms with Crippen molar-refractivity contribution in [2.75, 3.05) is 13.1 Å². The lowest BCUT2D eigenvalue weighted by molar-refractivity contribution is 0.0210. The first-order valence-electron chi connectivity index (χ1n) is 8.96. The minimum absolute atomic E-state index is 0.424. The molecule has 1 aliphatic heterocycles. The highest BCUT2D eigenvalue weighted by atomic mass is 16.3. The van der Waals surface area contributed by atoms with E-state index in [1.807, 2.05) is 0 Å². The van der Waals surface area contributed by atoms with Crippen LogP contribution in [0.5, 0.6) is 0 Å². The second-order valence-corrected chi connectivity index (χ2v) is 7.42. The maximum absolute atomic E-state index is 10.8. The van der Waals surface area contributed by atoms with Crippen LogP contribution in [-0.4, -0.2) is 35.9 Å². The predicted molar refractivity (Wildman–Crippen MR) is 82.8 cm³/mol. The van der Waals surface area contributed by atoms with Gasteiger partial charge in [0.15, 0.2) is 0 Å². The smallest absolute Gasteiger partial charge is 0.0771 e. The molecule has 0 spiro atoms. The van der Waals surface area contributed by atoms with Gasteiger partial charge < -0.3 is 15.7 Å².